The van der Waals surface area contributed by atoms with E-state index in [1.807, 2.05) is 12.1 Å². The number of nitrogens with zero attached hydrogens (tertiary/aromatic N) is 3. The molecule has 4 aliphatic heterocycles. The Hall–Kier alpha value is -1.10. The minimum absolute atomic E-state index is 0.834. The van der Waals surface area contributed by atoms with Gasteiger partial charge in [0.05, 0.1) is 0 Å². The van der Waals surface area contributed by atoms with Gasteiger partial charge in [0.1, 0.15) is 0 Å². The predicted octanol–water partition coefficient (Wildman–Crippen LogP) is 1.48. The van der Waals surface area contributed by atoms with Crippen LogP contribution in [-0.4, -0.2) is 66.6 Å². The SMILES string of the molecule is Nc1ccc(CN2CCN(C3CN4CCC3CC4)CC2)cc1. The first kappa shape index (κ1) is 14.5. The third kappa shape index (κ3) is 3.00. The molecule has 120 valence electrons. The second-order valence-corrected chi connectivity index (χ2v) is 7.26. The van der Waals surface area contributed by atoms with E-state index >= 15 is 0 Å². The van der Waals surface area contributed by atoms with Crippen molar-refractivity contribution in [3.8, 4) is 0 Å². The molecule has 0 amide bonds. The van der Waals surface area contributed by atoms with E-state index < -0.39 is 0 Å². The average Bonchev–Trinajstić information content (AvgIpc) is 2.59. The smallest absolute Gasteiger partial charge is 0.0314 e. The number of fused-ring (bicyclic) bond motifs is 3. The maximum absolute atomic E-state index is 5.77. The Balaban J connectivity index is 1.30. The summed E-state index contributed by atoms with van der Waals surface area (Å²) in [6.45, 7) is 9.96. The third-order valence-corrected chi connectivity index (χ3v) is 5.88. The van der Waals surface area contributed by atoms with E-state index in [1.54, 1.807) is 0 Å². The number of piperazine rings is 1. The topological polar surface area (TPSA) is 35.7 Å². The molecule has 0 aromatic heterocycles. The Morgan fingerprint density at radius 1 is 0.909 bits per heavy atom. The summed E-state index contributed by atoms with van der Waals surface area (Å²) < 4.78 is 0. The molecule has 4 nitrogen and oxygen atoms in total. The summed E-state index contributed by atoms with van der Waals surface area (Å²) in [5, 5.41) is 0. The van der Waals surface area contributed by atoms with Gasteiger partial charge in [0.2, 0.25) is 0 Å². The molecule has 4 fully saturated rings. The number of piperidine rings is 3. The van der Waals surface area contributed by atoms with Crippen LogP contribution in [0.15, 0.2) is 24.3 Å². The molecule has 0 spiro atoms. The van der Waals surface area contributed by atoms with Gasteiger partial charge in [0.25, 0.3) is 0 Å². The standard InChI is InChI=1S/C18H28N4/c19-17-3-1-15(2-4-17)13-21-9-11-22(12-10-21)18-14-20-7-5-16(18)6-8-20/h1-4,16,18H,5-14,19H2. The van der Waals surface area contributed by atoms with Crippen LogP contribution in [0.1, 0.15) is 18.4 Å². The van der Waals surface area contributed by atoms with Gasteiger partial charge < -0.3 is 10.6 Å². The Morgan fingerprint density at radius 3 is 2.18 bits per heavy atom. The van der Waals surface area contributed by atoms with Gasteiger partial charge in [-0.05, 0) is 49.5 Å². The highest BCUT2D eigenvalue weighted by atomic mass is 15.3. The van der Waals surface area contributed by atoms with Crippen LogP contribution in [0.2, 0.25) is 0 Å². The number of rotatable bonds is 3. The highest BCUT2D eigenvalue weighted by Gasteiger charge is 2.38. The monoisotopic (exact) mass is 300 g/mol. The van der Waals surface area contributed by atoms with Crippen molar-refractivity contribution in [2.45, 2.75) is 25.4 Å². The summed E-state index contributed by atoms with van der Waals surface area (Å²) >= 11 is 0. The van der Waals surface area contributed by atoms with E-state index in [1.165, 1.54) is 64.2 Å². The maximum Gasteiger partial charge on any atom is 0.0314 e. The molecule has 1 unspecified atom stereocenters. The lowest BCUT2D eigenvalue weighted by molar-refractivity contribution is -0.0162. The maximum atomic E-state index is 5.77. The van der Waals surface area contributed by atoms with Crippen molar-refractivity contribution < 1.29 is 0 Å². The summed E-state index contributed by atoms with van der Waals surface area (Å²) in [5.74, 6) is 0.966. The van der Waals surface area contributed by atoms with Crippen LogP contribution >= 0.6 is 0 Å². The molecule has 5 rings (SSSR count). The average molecular weight is 300 g/mol. The van der Waals surface area contributed by atoms with Crippen molar-refractivity contribution in [1.29, 1.82) is 0 Å². The molecule has 0 radical (unpaired) electrons. The van der Waals surface area contributed by atoms with Crippen LogP contribution in [0.4, 0.5) is 5.69 Å². The minimum atomic E-state index is 0.834. The Bertz CT molecular complexity index is 484. The number of anilines is 1. The molecular weight excluding hydrogens is 272 g/mol. The van der Waals surface area contributed by atoms with Crippen LogP contribution in [0.3, 0.4) is 0 Å². The first-order chi connectivity index (χ1) is 10.8. The number of nitrogens with two attached hydrogens (primary N) is 1. The fraction of sp³-hybridized carbons (Fsp3) is 0.667. The molecule has 1 aromatic carbocycles. The summed E-state index contributed by atoms with van der Waals surface area (Å²) in [4.78, 5) is 8.03. The Kier molecular flexibility index (Phi) is 4.07. The second kappa shape index (κ2) is 6.19. The molecule has 0 aliphatic carbocycles. The lowest BCUT2D eigenvalue weighted by Gasteiger charge is -2.51. The predicted molar refractivity (Wildman–Crippen MR) is 90.7 cm³/mol. The molecular formula is C18H28N4. The van der Waals surface area contributed by atoms with E-state index in [4.69, 9.17) is 5.73 Å². The van der Waals surface area contributed by atoms with Gasteiger partial charge in [-0.1, -0.05) is 12.1 Å². The quantitative estimate of drug-likeness (QED) is 0.858. The van der Waals surface area contributed by atoms with Gasteiger partial charge in [0.15, 0.2) is 0 Å². The van der Waals surface area contributed by atoms with Gasteiger partial charge in [-0.25, -0.2) is 0 Å². The highest BCUT2D eigenvalue weighted by Crippen LogP contribution is 2.31. The van der Waals surface area contributed by atoms with Crippen molar-refractivity contribution in [1.82, 2.24) is 14.7 Å². The zero-order valence-electron chi connectivity index (χ0n) is 13.5. The van der Waals surface area contributed by atoms with Gasteiger partial charge in [0, 0.05) is 51.0 Å². The van der Waals surface area contributed by atoms with Gasteiger partial charge in [-0.15, -0.1) is 0 Å². The van der Waals surface area contributed by atoms with Gasteiger partial charge in [-0.3, -0.25) is 9.80 Å². The first-order valence-electron chi connectivity index (χ1n) is 8.81. The molecule has 4 aliphatic rings. The number of nitrogen functional groups attached to an aromatic ring is 1. The largest absolute Gasteiger partial charge is 0.399 e. The van der Waals surface area contributed by atoms with E-state index in [2.05, 4.69) is 26.8 Å². The van der Waals surface area contributed by atoms with E-state index in [0.29, 0.717) is 0 Å². The van der Waals surface area contributed by atoms with Crippen LogP contribution < -0.4 is 5.73 Å². The number of hydrogen-bond donors (Lipinski definition) is 1. The fourth-order valence-electron chi connectivity index (χ4n) is 4.48. The molecule has 2 bridgehead atoms. The number of hydrogen-bond acceptors (Lipinski definition) is 4. The second-order valence-electron chi connectivity index (χ2n) is 7.26. The van der Waals surface area contributed by atoms with Crippen molar-refractivity contribution in [3.05, 3.63) is 29.8 Å². The lowest BCUT2D eigenvalue weighted by Crippen LogP contribution is -2.60. The van der Waals surface area contributed by atoms with Crippen LogP contribution in [-0.2, 0) is 6.54 Å². The Morgan fingerprint density at radius 2 is 1.59 bits per heavy atom. The fourth-order valence-corrected chi connectivity index (χ4v) is 4.48. The van der Waals surface area contributed by atoms with E-state index in [0.717, 1.165) is 24.2 Å². The Labute approximate surface area is 133 Å². The van der Waals surface area contributed by atoms with E-state index in [-0.39, 0.29) is 0 Å². The first-order valence-corrected chi connectivity index (χ1v) is 8.81. The summed E-state index contributed by atoms with van der Waals surface area (Å²) in [6, 6.07) is 9.18. The number of benzene rings is 1. The van der Waals surface area contributed by atoms with Crippen molar-refractivity contribution >= 4 is 5.69 Å². The van der Waals surface area contributed by atoms with Crippen LogP contribution in [0.25, 0.3) is 0 Å². The van der Waals surface area contributed by atoms with Crippen molar-refractivity contribution in [2.75, 3.05) is 51.5 Å². The normalized spacial score (nSPS) is 33.2. The van der Waals surface area contributed by atoms with Gasteiger partial charge >= 0.3 is 0 Å². The summed E-state index contributed by atoms with van der Waals surface area (Å²) in [7, 11) is 0. The summed E-state index contributed by atoms with van der Waals surface area (Å²) in [6.07, 6.45) is 2.85. The molecule has 1 atom stereocenters. The van der Waals surface area contributed by atoms with Crippen LogP contribution in [0.5, 0.6) is 0 Å². The van der Waals surface area contributed by atoms with Gasteiger partial charge in [-0.2, -0.15) is 0 Å². The van der Waals surface area contributed by atoms with E-state index in [9.17, 15) is 0 Å². The lowest BCUT2D eigenvalue weighted by atomic mass is 9.83. The molecule has 22 heavy (non-hydrogen) atoms. The minimum Gasteiger partial charge on any atom is -0.399 e. The molecule has 0 saturated carbocycles. The summed E-state index contributed by atoms with van der Waals surface area (Å²) in [5.41, 5.74) is 8.00. The van der Waals surface area contributed by atoms with Crippen molar-refractivity contribution in [2.24, 2.45) is 5.92 Å². The molecule has 4 heteroatoms. The molecule has 4 heterocycles. The zero-order valence-corrected chi connectivity index (χ0v) is 13.5. The zero-order chi connectivity index (χ0) is 14.9. The highest BCUT2D eigenvalue weighted by molar-refractivity contribution is 5.39. The molecule has 2 N–H and O–H groups in total. The van der Waals surface area contributed by atoms with Crippen molar-refractivity contribution in [3.63, 3.8) is 0 Å². The third-order valence-electron chi connectivity index (χ3n) is 5.88. The van der Waals surface area contributed by atoms with Crippen LogP contribution in [0, 0.1) is 5.92 Å². The molecule has 1 aromatic rings. The molecule has 4 saturated heterocycles.